The van der Waals surface area contributed by atoms with Crippen LogP contribution in [-0.2, 0) is 0 Å². The number of aryl methyl sites for hydroxylation is 2. The second kappa shape index (κ2) is 10.6. The van der Waals surface area contributed by atoms with Gasteiger partial charge in [-0.2, -0.15) is 0 Å². The minimum atomic E-state index is -0.00948. The average molecular weight is 382 g/mol. The molecule has 0 aliphatic carbocycles. The molecular formula is C24H30O4. The number of hydrogen-bond acceptors (Lipinski definition) is 4. The number of benzene rings is 2. The first-order chi connectivity index (χ1) is 13.4. The number of rotatable bonds is 11. The number of phenols is 2. The third-order valence-electron chi connectivity index (χ3n) is 4.96. The Morgan fingerprint density at radius 1 is 0.643 bits per heavy atom. The van der Waals surface area contributed by atoms with Gasteiger partial charge in [0.1, 0.15) is 11.5 Å². The highest BCUT2D eigenvalue weighted by molar-refractivity contribution is 5.99. The van der Waals surface area contributed by atoms with Gasteiger partial charge in [0.05, 0.1) is 11.1 Å². The topological polar surface area (TPSA) is 74.6 Å². The van der Waals surface area contributed by atoms with Crippen LogP contribution >= 0.6 is 0 Å². The van der Waals surface area contributed by atoms with E-state index in [-0.39, 0.29) is 23.1 Å². The monoisotopic (exact) mass is 382 g/mol. The zero-order chi connectivity index (χ0) is 20.5. The Balaban J connectivity index is 1.59. The quantitative estimate of drug-likeness (QED) is 0.375. The van der Waals surface area contributed by atoms with Crippen LogP contribution in [0.15, 0.2) is 36.4 Å². The Labute approximate surface area is 167 Å². The largest absolute Gasteiger partial charge is 0.507 e. The predicted molar refractivity (Wildman–Crippen MR) is 111 cm³/mol. The van der Waals surface area contributed by atoms with Gasteiger partial charge in [-0.1, -0.05) is 48.9 Å². The zero-order valence-electron chi connectivity index (χ0n) is 16.8. The predicted octanol–water partition coefficient (Wildman–Crippen LogP) is 5.90. The molecule has 0 atom stereocenters. The van der Waals surface area contributed by atoms with Gasteiger partial charge in [0.15, 0.2) is 11.6 Å². The molecule has 150 valence electrons. The van der Waals surface area contributed by atoms with Crippen molar-refractivity contribution >= 4 is 11.6 Å². The molecule has 2 N–H and O–H groups in total. The third-order valence-corrected chi connectivity index (χ3v) is 4.96. The zero-order valence-corrected chi connectivity index (χ0v) is 16.8. The van der Waals surface area contributed by atoms with E-state index >= 15 is 0 Å². The fraction of sp³-hybridized carbons (Fsp3) is 0.417. The van der Waals surface area contributed by atoms with Crippen LogP contribution in [0.5, 0.6) is 11.5 Å². The van der Waals surface area contributed by atoms with E-state index < -0.39 is 0 Å². The summed E-state index contributed by atoms with van der Waals surface area (Å²) in [6.07, 6.45) is 6.48. The lowest BCUT2D eigenvalue weighted by Gasteiger charge is -2.06. The van der Waals surface area contributed by atoms with Crippen molar-refractivity contribution < 1.29 is 19.8 Å². The Hall–Kier alpha value is -2.62. The molecule has 4 nitrogen and oxygen atoms in total. The van der Waals surface area contributed by atoms with Crippen molar-refractivity contribution in [2.45, 2.75) is 65.2 Å². The molecule has 0 spiro atoms. The number of carbonyl (C=O) groups excluding carboxylic acids is 2. The van der Waals surface area contributed by atoms with Crippen molar-refractivity contribution in [2.75, 3.05) is 0 Å². The third kappa shape index (κ3) is 6.52. The first-order valence-electron chi connectivity index (χ1n) is 10.0. The molecule has 4 heteroatoms. The summed E-state index contributed by atoms with van der Waals surface area (Å²) >= 11 is 0. The standard InChI is InChI=1S/C24H30O4/c1-17-11-13-23(27)19(15-17)21(25)9-7-5-3-4-6-8-10-22(26)20-16-18(2)12-14-24(20)28/h11-16,27-28H,3-10H2,1-2H3. The molecule has 0 fully saturated rings. The molecule has 0 heterocycles. The normalized spacial score (nSPS) is 10.8. The highest BCUT2D eigenvalue weighted by Gasteiger charge is 2.12. The smallest absolute Gasteiger partial charge is 0.166 e. The highest BCUT2D eigenvalue weighted by Crippen LogP contribution is 2.22. The van der Waals surface area contributed by atoms with Gasteiger partial charge in [-0.25, -0.2) is 0 Å². The molecule has 0 amide bonds. The maximum Gasteiger partial charge on any atom is 0.166 e. The molecule has 28 heavy (non-hydrogen) atoms. The van der Waals surface area contributed by atoms with Crippen molar-refractivity contribution in [1.29, 1.82) is 0 Å². The summed E-state index contributed by atoms with van der Waals surface area (Å²) in [7, 11) is 0. The van der Waals surface area contributed by atoms with E-state index in [0.717, 1.165) is 49.7 Å². The Bertz CT molecular complexity index is 754. The van der Waals surface area contributed by atoms with Crippen LogP contribution in [0.1, 0.15) is 83.2 Å². The van der Waals surface area contributed by atoms with E-state index in [1.54, 1.807) is 36.4 Å². The van der Waals surface area contributed by atoms with Crippen molar-refractivity contribution in [3.8, 4) is 11.5 Å². The van der Waals surface area contributed by atoms with Crippen LogP contribution < -0.4 is 0 Å². The molecule has 2 aromatic carbocycles. The van der Waals surface area contributed by atoms with E-state index in [2.05, 4.69) is 0 Å². The molecule has 2 aromatic rings. The second-order valence-electron chi connectivity index (χ2n) is 7.51. The molecule has 2 rings (SSSR count). The van der Waals surface area contributed by atoms with Gasteiger partial charge >= 0.3 is 0 Å². The molecule has 0 aliphatic rings. The minimum absolute atomic E-state index is 0.00948. The van der Waals surface area contributed by atoms with Gasteiger partial charge in [-0.05, 0) is 51.0 Å². The van der Waals surface area contributed by atoms with Crippen LogP contribution in [0.2, 0.25) is 0 Å². The summed E-state index contributed by atoms with van der Waals surface area (Å²) in [5, 5.41) is 19.6. The van der Waals surface area contributed by atoms with E-state index in [1.165, 1.54) is 0 Å². The molecule has 0 saturated carbocycles. The average Bonchev–Trinajstić information content (AvgIpc) is 2.67. The number of Topliss-reactive ketones (excluding diaryl/α,β-unsaturated/α-hetero) is 2. The lowest BCUT2D eigenvalue weighted by molar-refractivity contribution is 0.0966. The van der Waals surface area contributed by atoms with Crippen molar-refractivity contribution in [3.63, 3.8) is 0 Å². The van der Waals surface area contributed by atoms with Crippen LogP contribution in [-0.4, -0.2) is 21.8 Å². The van der Waals surface area contributed by atoms with E-state index in [0.29, 0.717) is 24.0 Å². The fourth-order valence-electron chi connectivity index (χ4n) is 3.29. The first-order valence-corrected chi connectivity index (χ1v) is 10.0. The maximum absolute atomic E-state index is 12.2. The van der Waals surface area contributed by atoms with Crippen LogP contribution in [0, 0.1) is 13.8 Å². The van der Waals surface area contributed by atoms with Crippen LogP contribution in [0.3, 0.4) is 0 Å². The van der Waals surface area contributed by atoms with Gasteiger partial charge in [0.25, 0.3) is 0 Å². The van der Waals surface area contributed by atoms with Crippen LogP contribution in [0.25, 0.3) is 0 Å². The molecular weight excluding hydrogens is 352 g/mol. The summed E-state index contributed by atoms with van der Waals surface area (Å²) in [5.74, 6) is 0.0920. The summed E-state index contributed by atoms with van der Waals surface area (Å²) in [5.41, 5.74) is 2.76. The number of aromatic hydroxyl groups is 2. The first kappa shape index (κ1) is 21.7. The Morgan fingerprint density at radius 3 is 1.39 bits per heavy atom. The number of ketones is 2. The van der Waals surface area contributed by atoms with Crippen molar-refractivity contribution in [2.24, 2.45) is 0 Å². The van der Waals surface area contributed by atoms with Gasteiger partial charge in [0.2, 0.25) is 0 Å². The van der Waals surface area contributed by atoms with E-state index in [9.17, 15) is 19.8 Å². The second-order valence-corrected chi connectivity index (χ2v) is 7.51. The molecule has 0 saturated heterocycles. The summed E-state index contributed by atoms with van der Waals surface area (Å²) in [6.45, 7) is 3.81. The fourth-order valence-corrected chi connectivity index (χ4v) is 3.29. The molecule has 0 aliphatic heterocycles. The lowest BCUT2D eigenvalue weighted by atomic mass is 9.99. The molecule has 0 bridgehead atoms. The van der Waals surface area contributed by atoms with E-state index in [1.807, 2.05) is 13.8 Å². The van der Waals surface area contributed by atoms with Gasteiger partial charge in [-0.3, -0.25) is 9.59 Å². The van der Waals surface area contributed by atoms with E-state index in [4.69, 9.17) is 0 Å². The molecule has 0 aromatic heterocycles. The molecule has 0 unspecified atom stereocenters. The number of unbranched alkanes of at least 4 members (excludes halogenated alkanes) is 5. The molecule has 0 radical (unpaired) electrons. The Kier molecular flexibility index (Phi) is 8.24. The SMILES string of the molecule is Cc1ccc(O)c(C(=O)CCCCCCCCC(=O)c2cc(C)ccc2O)c1. The maximum atomic E-state index is 12.2. The van der Waals surface area contributed by atoms with Crippen molar-refractivity contribution in [1.82, 2.24) is 0 Å². The number of hydrogen-bond donors (Lipinski definition) is 2. The summed E-state index contributed by atoms with van der Waals surface area (Å²) < 4.78 is 0. The highest BCUT2D eigenvalue weighted by atomic mass is 16.3. The van der Waals surface area contributed by atoms with Crippen molar-refractivity contribution in [3.05, 3.63) is 58.7 Å². The summed E-state index contributed by atoms with van der Waals surface area (Å²) in [4.78, 5) is 24.4. The van der Waals surface area contributed by atoms with Gasteiger partial charge in [0, 0.05) is 12.8 Å². The van der Waals surface area contributed by atoms with Gasteiger partial charge < -0.3 is 10.2 Å². The lowest BCUT2D eigenvalue weighted by Crippen LogP contribution is -2.00. The Morgan fingerprint density at radius 2 is 1.00 bits per heavy atom. The van der Waals surface area contributed by atoms with Crippen LogP contribution in [0.4, 0.5) is 0 Å². The van der Waals surface area contributed by atoms with Gasteiger partial charge in [-0.15, -0.1) is 0 Å². The number of phenolic OH excluding ortho intramolecular Hbond substituents is 2. The number of carbonyl (C=O) groups is 2. The minimum Gasteiger partial charge on any atom is -0.507 e. The summed E-state index contributed by atoms with van der Waals surface area (Å²) in [6, 6.07) is 10.2.